The summed E-state index contributed by atoms with van der Waals surface area (Å²) in [6.45, 7) is 12.2. The van der Waals surface area contributed by atoms with Crippen molar-refractivity contribution in [2.24, 2.45) is 0 Å². The first-order chi connectivity index (χ1) is 14.5. The van der Waals surface area contributed by atoms with Crippen LogP contribution in [0.2, 0.25) is 0 Å². The van der Waals surface area contributed by atoms with Crippen molar-refractivity contribution in [3.63, 3.8) is 0 Å². The molecule has 5 heteroatoms. The lowest BCUT2D eigenvalue weighted by Gasteiger charge is -2.15. The minimum absolute atomic E-state index is 0.258. The lowest BCUT2D eigenvalue weighted by molar-refractivity contribution is 0.277. The van der Waals surface area contributed by atoms with Gasteiger partial charge in [-0.3, -0.25) is 4.79 Å². The van der Waals surface area contributed by atoms with Gasteiger partial charge in [-0.05, 0) is 71.2 Å². The number of fused-ring (bicyclic) bond motifs is 1. The van der Waals surface area contributed by atoms with Gasteiger partial charge in [0.2, 0.25) is 5.75 Å². The zero-order chi connectivity index (χ0) is 21.9. The normalized spacial score (nSPS) is 11.4. The fourth-order valence-electron chi connectivity index (χ4n) is 3.12. The first kappa shape index (κ1) is 23.6. The Labute approximate surface area is 180 Å². The molecule has 1 aromatic carbocycles. The Morgan fingerprint density at radius 2 is 1.90 bits per heavy atom. The van der Waals surface area contributed by atoms with E-state index in [1.807, 2.05) is 25.1 Å². The molecule has 30 heavy (non-hydrogen) atoms. The van der Waals surface area contributed by atoms with Crippen LogP contribution in [0.4, 0.5) is 5.69 Å². The van der Waals surface area contributed by atoms with Gasteiger partial charge in [0.25, 0.3) is 5.56 Å². The van der Waals surface area contributed by atoms with Gasteiger partial charge in [0.1, 0.15) is 6.61 Å². The number of hydrogen-bond acceptors (Lipinski definition) is 4. The highest BCUT2D eigenvalue weighted by atomic mass is 16.5. The SMILES string of the molecule is CCCCOc1c(OC/C=C(\C)CCC=C(C)C)c2ccc(NCC)cc2[nH]c1=O. The Morgan fingerprint density at radius 3 is 2.60 bits per heavy atom. The number of hydrogen-bond donors (Lipinski definition) is 2. The molecule has 0 radical (unpaired) electrons. The summed E-state index contributed by atoms with van der Waals surface area (Å²) in [5, 5.41) is 4.12. The van der Waals surface area contributed by atoms with Crippen LogP contribution in [0.15, 0.2) is 46.3 Å². The summed E-state index contributed by atoms with van der Waals surface area (Å²) in [5.74, 6) is 0.781. The fraction of sp³-hybridized carbons (Fsp3) is 0.480. The zero-order valence-electron chi connectivity index (χ0n) is 19.1. The van der Waals surface area contributed by atoms with Gasteiger partial charge in [-0.15, -0.1) is 0 Å². The van der Waals surface area contributed by atoms with Crippen LogP contribution in [-0.4, -0.2) is 24.7 Å². The number of ether oxygens (including phenoxy) is 2. The van der Waals surface area contributed by atoms with Gasteiger partial charge in [-0.2, -0.15) is 0 Å². The van der Waals surface area contributed by atoms with E-state index in [0.29, 0.717) is 19.0 Å². The fourth-order valence-corrected chi connectivity index (χ4v) is 3.12. The molecule has 0 aliphatic rings. The number of unbranched alkanes of at least 4 members (excludes halogenated alkanes) is 1. The van der Waals surface area contributed by atoms with Gasteiger partial charge in [0.15, 0.2) is 5.75 Å². The Morgan fingerprint density at radius 1 is 1.10 bits per heavy atom. The molecule has 5 nitrogen and oxygen atoms in total. The van der Waals surface area contributed by atoms with Gasteiger partial charge >= 0.3 is 0 Å². The summed E-state index contributed by atoms with van der Waals surface area (Å²) in [6, 6.07) is 5.90. The predicted octanol–water partition coefficient (Wildman–Crippen LogP) is 6.21. The van der Waals surface area contributed by atoms with Crippen molar-refractivity contribution >= 4 is 16.6 Å². The summed E-state index contributed by atoms with van der Waals surface area (Å²) >= 11 is 0. The molecule has 2 aromatic rings. The molecule has 0 fully saturated rings. The summed E-state index contributed by atoms with van der Waals surface area (Å²) in [7, 11) is 0. The Kier molecular flexibility index (Phi) is 9.52. The zero-order valence-corrected chi connectivity index (χ0v) is 19.1. The summed E-state index contributed by atoms with van der Waals surface area (Å²) < 4.78 is 11.9. The van der Waals surface area contributed by atoms with Gasteiger partial charge in [0.05, 0.1) is 12.1 Å². The highest BCUT2D eigenvalue weighted by Crippen LogP contribution is 2.33. The third kappa shape index (κ3) is 6.97. The van der Waals surface area contributed by atoms with E-state index in [2.05, 4.69) is 50.1 Å². The van der Waals surface area contributed by atoms with Gasteiger partial charge < -0.3 is 19.8 Å². The number of allylic oxidation sites excluding steroid dienone is 3. The summed E-state index contributed by atoms with van der Waals surface area (Å²) in [6.07, 6.45) is 8.23. The number of pyridine rings is 1. The number of rotatable bonds is 12. The molecule has 0 saturated heterocycles. The molecule has 0 bridgehead atoms. The topological polar surface area (TPSA) is 63.4 Å². The molecule has 0 amide bonds. The quantitative estimate of drug-likeness (QED) is 0.321. The van der Waals surface area contributed by atoms with Crippen molar-refractivity contribution in [3.05, 3.63) is 51.9 Å². The smallest absolute Gasteiger partial charge is 0.294 e. The first-order valence-corrected chi connectivity index (χ1v) is 10.9. The van der Waals surface area contributed by atoms with E-state index >= 15 is 0 Å². The molecular formula is C25H36N2O3. The average Bonchev–Trinajstić information content (AvgIpc) is 2.69. The van der Waals surface area contributed by atoms with E-state index < -0.39 is 0 Å². The number of benzene rings is 1. The molecule has 2 N–H and O–H groups in total. The van der Waals surface area contributed by atoms with Crippen LogP contribution in [0, 0.1) is 0 Å². The molecule has 0 spiro atoms. The van der Waals surface area contributed by atoms with Gasteiger partial charge in [-0.1, -0.05) is 30.6 Å². The van der Waals surface area contributed by atoms with Crippen molar-refractivity contribution < 1.29 is 9.47 Å². The van der Waals surface area contributed by atoms with E-state index in [1.165, 1.54) is 11.1 Å². The molecule has 0 aliphatic heterocycles. The molecule has 1 heterocycles. The molecule has 164 valence electrons. The minimum Gasteiger partial charge on any atom is -0.485 e. The number of anilines is 1. The number of nitrogens with one attached hydrogen (secondary N) is 2. The maximum absolute atomic E-state index is 12.7. The third-order valence-corrected chi connectivity index (χ3v) is 4.80. The van der Waals surface area contributed by atoms with Crippen LogP contribution in [-0.2, 0) is 0 Å². The molecule has 0 unspecified atom stereocenters. The van der Waals surface area contributed by atoms with Gasteiger partial charge in [-0.25, -0.2) is 0 Å². The molecule has 1 aromatic heterocycles. The second kappa shape index (κ2) is 12.1. The van der Waals surface area contributed by atoms with E-state index in [1.54, 1.807) is 0 Å². The van der Waals surface area contributed by atoms with Crippen molar-refractivity contribution in [1.82, 2.24) is 4.98 Å². The van der Waals surface area contributed by atoms with Crippen LogP contribution >= 0.6 is 0 Å². The maximum atomic E-state index is 12.7. The highest BCUT2D eigenvalue weighted by Gasteiger charge is 2.16. The van der Waals surface area contributed by atoms with Crippen LogP contribution in [0.25, 0.3) is 10.9 Å². The second-order valence-corrected chi connectivity index (χ2v) is 7.79. The van der Waals surface area contributed by atoms with E-state index in [4.69, 9.17) is 9.47 Å². The number of H-pyrrole nitrogens is 1. The Hall–Kier alpha value is -2.69. The third-order valence-electron chi connectivity index (χ3n) is 4.80. The highest BCUT2D eigenvalue weighted by molar-refractivity contribution is 5.89. The first-order valence-electron chi connectivity index (χ1n) is 10.9. The summed E-state index contributed by atoms with van der Waals surface area (Å²) in [4.78, 5) is 15.7. The second-order valence-electron chi connectivity index (χ2n) is 7.79. The maximum Gasteiger partial charge on any atom is 0.294 e. The standard InChI is InChI=1S/C25H36N2O3/c1-6-8-15-29-24-23(30-16-14-19(5)11-9-10-18(3)4)21-13-12-20(26-7-2)17-22(21)27-25(24)28/h10,12-14,17,26H,6-9,11,15-16H2,1-5H3,(H,27,28)/b19-14+. The molecular weight excluding hydrogens is 376 g/mol. The average molecular weight is 413 g/mol. The Balaban J connectivity index is 2.29. The van der Waals surface area contributed by atoms with Gasteiger partial charge in [0, 0.05) is 17.6 Å². The van der Waals surface area contributed by atoms with Crippen LogP contribution < -0.4 is 20.3 Å². The van der Waals surface area contributed by atoms with Crippen LogP contribution in [0.5, 0.6) is 11.5 Å². The van der Waals surface area contributed by atoms with E-state index in [0.717, 1.165) is 48.8 Å². The predicted molar refractivity (Wildman–Crippen MR) is 127 cm³/mol. The summed E-state index contributed by atoms with van der Waals surface area (Å²) in [5.41, 5.74) is 4.04. The lowest BCUT2D eigenvalue weighted by atomic mass is 10.1. The lowest BCUT2D eigenvalue weighted by Crippen LogP contribution is -2.15. The molecule has 0 aliphatic carbocycles. The van der Waals surface area contributed by atoms with Crippen molar-refractivity contribution in [2.45, 2.75) is 60.3 Å². The van der Waals surface area contributed by atoms with E-state index in [9.17, 15) is 4.79 Å². The number of aromatic amines is 1. The van der Waals surface area contributed by atoms with Crippen molar-refractivity contribution in [2.75, 3.05) is 25.1 Å². The minimum atomic E-state index is -0.258. The van der Waals surface area contributed by atoms with Crippen LogP contribution in [0.3, 0.4) is 0 Å². The number of aromatic nitrogens is 1. The van der Waals surface area contributed by atoms with Crippen LogP contribution in [0.1, 0.15) is 60.3 Å². The molecule has 0 saturated carbocycles. The van der Waals surface area contributed by atoms with Crippen molar-refractivity contribution in [3.8, 4) is 11.5 Å². The Bertz CT molecular complexity index is 937. The largest absolute Gasteiger partial charge is 0.485 e. The van der Waals surface area contributed by atoms with Crippen molar-refractivity contribution in [1.29, 1.82) is 0 Å². The molecule has 0 atom stereocenters. The monoisotopic (exact) mass is 412 g/mol. The van der Waals surface area contributed by atoms with E-state index in [-0.39, 0.29) is 11.3 Å². The molecule has 2 rings (SSSR count).